The molecule has 2 atom stereocenters. The number of aromatic nitrogens is 2. The van der Waals surface area contributed by atoms with Gasteiger partial charge < -0.3 is 20.1 Å². The standard InChI is InChI=1S/C32H32F2N4O2/c1-5-23-26(33)9-6-19-12-22(39)13-24(28(19)23)30-29(34)27-18(4)32(40-11-10-17(2)3)37-31(25(27)14-35-30)38-15-20-7-8-21(16-38)36-20/h1,6,9,12-14,17,20-21,36,39H,7-8,10-11,15-16H2,2-4H3. The summed E-state index contributed by atoms with van der Waals surface area (Å²) in [7, 11) is 0. The van der Waals surface area contributed by atoms with Crippen LogP contribution in [-0.2, 0) is 0 Å². The van der Waals surface area contributed by atoms with Gasteiger partial charge in [0.2, 0.25) is 5.88 Å². The van der Waals surface area contributed by atoms with Crippen molar-refractivity contribution in [1.29, 1.82) is 0 Å². The van der Waals surface area contributed by atoms with E-state index in [-0.39, 0.29) is 22.6 Å². The number of nitrogens with zero attached hydrogens (tertiary/aromatic N) is 3. The summed E-state index contributed by atoms with van der Waals surface area (Å²) in [6, 6.07) is 6.33. The molecule has 2 fully saturated rings. The number of hydrogen-bond donors (Lipinski definition) is 2. The Labute approximate surface area is 232 Å². The number of piperazine rings is 1. The van der Waals surface area contributed by atoms with Crippen molar-refractivity contribution in [3.8, 4) is 35.2 Å². The van der Waals surface area contributed by atoms with Gasteiger partial charge in [0.05, 0.1) is 12.2 Å². The Bertz CT molecular complexity index is 1670. The van der Waals surface area contributed by atoms with E-state index in [0.717, 1.165) is 32.4 Å². The smallest absolute Gasteiger partial charge is 0.218 e. The van der Waals surface area contributed by atoms with E-state index in [1.54, 1.807) is 13.1 Å². The second-order valence-corrected chi connectivity index (χ2v) is 11.3. The van der Waals surface area contributed by atoms with Gasteiger partial charge >= 0.3 is 0 Å². The van der Waals surface area contributed by atoms with Crippen molar-refractivity contribution in [1.82, 2.24) is 15.3 Å². The predicted molar refractivity (Wildman–Crippen MR) is 154 cm³/mol. The number of pyridine rings is 2. The molecule has 2 aromatic carbocycles. The van der Waals surface area contributed by atoms with Crippen LogP contribution in [0, 0.1) is 36.8 Å². The summed E-state index contributed by atoms with van der Waals surface area (Å²) in [6.45, 7) is 8.03. The minimum Gasteiger partial charge on any atom is -0.508 e. The lowest BCUT2D eigenvalue weighted by Gasteiger charge is -2.34. The second-order valence-electron chi connectivity index (χ2n) is 11.3. The number of terminal acetylenes is 1. The molecule has 2 aliphatic heterocycles. The maximum atomic E-state index is 16.8. The average molecular weight is 543 g/mol. The minimum atomic E-state index is -0.597. The number of hydrogen-bond acceptors (Lipinski definition) is 6. The van der Waals surface area contributed by atoms with E-state index in [9.17, 15) is 9.50 Å². The highest BCUT2D eigenvalue weighted by Gasteiger charge is 2.34. The molecule has 8 heteroatoms. The highest BCUT2D eigenvalue weighted by Crippen LogP contribution is 2.41. The number of benzene rings is 2. The van der Waals surface area contributed by atoms with Crippen molar-refractivity contribution >= 4 is 27.4 Å². The molecular formula is C32H32F2N4O2. The molecule has 2 aliphatic rings. The number of phenols is 1. The first kappa shape index (κ1) is 26.3. The van der Waals surface area contributed by atoms with Gasteiger partial charge in [-0.1, -0.05) is 25.8 Å². The Hall–Kier alpha value is -3.96. The fourth-order valence-electron chi connectivity index (χ4n) is 6.05. The van der Waals surface area contributed by atoms with Crippen molar-refractivity contribution in [2.45, 2.75) is 52.1 Å². The van der Waals surface area contributed by atoms with Crippen molar-refractivity contribution < 1.29 is 18.6 Å². The molecule has 2 aromatic heterocycles. The molecule has 4 heterocycles. The zero-order chi connectivity index (χ0) is 28.1. The van der Waals surface area contributed by atoms with Crippen LogP contribution in [0.15, 0.2) is 30.5 Å². The predicted octanol–water partition coefficient (Wildman–Crippen LogP) is 6.09. The maximum Gasteiger partial charge on any atom is 0.218 e. The van der Waals surface area contributed by atoms with Crippen LogP contribution in [0.25, 0.3) is 32.8 Å². The molecular weight excluding hydrogens is 510 g/mol. The first-order chi connectivity index (χ1) is 19.2. The van der Waals surface area contributed by atoms with Gasteiger partial charge in [-0.15, -0.1) is 6.42 Å². The third-order valence-corrected chi connectivity index (χ3v) is 8.06. The average Bonchev–Trinajstić information content (AvgIpc) is 3.26. The van der Waals surface area contributed by atoms with E-state index < -0.39 is 11.6 Å². The molecule has 0 amide bonds. The summed E-state index contributed by atoms with van der Waals surface area (Å²) in [5, 5.41) is 15.9. The Morgan fingerprint density at radius 3 is 2.62 bits per heavy atom. The van der Waals surface area contributed by atoms with E-state index in [1.807, 2.05) is 0 Å². The quantitative estimate of drug-likeness (QED) is 0.288. The number of halogens is 2. The van der Waals surface area contributed by atoms with Crippen LogP contribution in [0.3, 0.4) is 0 Å². The molecule has 0 radical (unpaired) electrons. The number of anilines is 1. The van der Waals surface area contributed by atoms with Crippen LogP contribution in [0.4, 0.5) is 14.6 Å². The van der Waals surface area contributed by atoms with Crippen LogP contribution in [-0.4, -0.2) is 46.9 Å². The van der Waals surface area contributed by atoms with Gasteiger partial charge in [-0.25, -0.2) is 8.78 Å². The number of aryl methyl sites for hydroxylation is 1. The van der Waals surface area contributed by atoms with Crippen LogP contribution < -0.4 is 15.0 Å². The van der Waals surface area contributed by atoms with Gasteiger partial charge in [-0.2, -0.15) is 4.98 Å². The van der Waals surface area contributed by atoms with E-state index in [2.05, 4.69) is 35.0 Å². The molecule has 2 N–H and O–H groups in total. The van der Waals surface area contributed by atoms with Gasteiger partial charge in [-0.3, -0.25) is 4.98 Å². The summed E-state index contributed by atoms with van der Waals surface area (Å²) in [5.41, 5.74) is 0.760. The van der Waals surface area contributed by atoms with Gasteiger partial charge in [0, 0.05) is 58.7 Å². The van der Waals surface area contributed by atoms with Gasteiger partial charge in [0.25, 0.3) is 0 Å². The van der Waals surface area contributed by atoms with Crippen molar-refractivity contribution in [2.75, 3.05) is 24.6 Å². The SMILES string of the molecule is C#Cc1c(F)ccc2cc(O)cc(-c3ncc4c(N5CC6CCC(C5)N6)nc(OCCC(C)C)c(C)c4c3F)c12. The zero-order valence-corrected chi connectivity index (χ0v) is 22.9. The first-order valence-corrected chi connectivity index (χ1v) is 13.8. The Morgan fingerprint density at radius 1 is 1.18 bits per heavy atom. The summed E-state index contributed by atoms with van der Waals surface area (Å²) >= 11 is 0. The number of rotatable bonds is 6. The number of nitrogens with one attached hydrogen (secondary N) is 1. The second kappa shape index (κ2) is 10.2. The van der Waals surface area contributed by atoms with Gasteiger partial charge in [0.15, 0.2) is 5.82 Å². The molecule has 40 heavy (non-hydrogen) atoms. The Kier molecular flexibility index (Phi) is 6.71. The topological polar surface area (TPSA) is 70.5 Å². The number of aromatic hydroxyl groups is 1. The van der Waals surface area contributed by atoms with Crippen LogP contribution in [0.5, 0.6) is 11.6 Å². The van der Waals surface area contributed by atoms with Crippen molar-refractivity contribution in [3.05, 3.63) is 53.2 Å². The molecule has 2 unspecified atom stereocenters. The lowest BCUT2D eigenvalue weighted by molar-refractivity contribution is 0.278. The summed E-state index contributed by atoms with van der Waals surface area (Å²) < 4.78 is 37.6. The van der Waals surface area contributed by atoms with Crippen LogP contribution in [0.1, 0.15) is 44.2 Å². The maximum absolute atomic E-state index is 16.8. The third kappa shape index (κ3) is 4.48. The summed E-state index contributed by atoms with van der Waals surface area (Å²) in [6.07, 6.45) is 10.3. The molecule has 0 aliphatic carbocycles. The molecule has 2 bridgehead atoms. The molecule has 206 valence electrons. The molecule has 6 nitrogen and oxygen atoms in total. The van der Waals surface area contributed by atoms with Gasteiger partial charge in [0.1, 0.15) is 23.1 Å². The normalized spacial score (nSPS) is 18.6. The fraction of sp³-hybridized carbons (Fsp3) is 0.375. The highest BCUT2D eigenvalue weighted by atomic mass is 19.1. The number of phenolic OH excluding ortho intramolecular Hbond substituents is 1. The van der Waals surface area contributed by atoms with E-state index in [0.29, 0.717) is 63.4 Å². The highest BCUT2D eigenvalue weighted by molar-refractivity contribution is 6.04. The lowest BCUT2D eigenvalue weighted by atomic mass is 9.95. The van der Waals surface area contributed by atoms with Crippen molar-refractivity contribution in [2.24, 2.45) is 5.92 Å². The first-order valence-electron chi connectivity index (χ1n) is 13.8. The van der Waals surface area contributed by atoms with Crippen LogP contribution >= 0.6 is 0 Å². The van der Waals surface area contributed by atoms with E-state index in [4.69, 9.17) is 16.1 Å². The van der Waals surface area contributed by atoms with E-state index >= 15 is 4.39 Å². The Balaban J connectivity index is 1.58. The fourth-order valence-corrected chi connectivity index (χ4v) is 6.05. The minimum absolute atomic E-state index is 0.00469. The Morgan fingerprint density at radius 2 is 1.93 bits per heavy atom. The van der Waals surface area contributed by atoms with E-state index in [1.165, 1.54) is 24.3 Å². The third-order valence-electron chi connectivity index (χ3n) is 8.06. The largest absolute Gasteiger partial charge is 0.508 e. The summed E-state index contributed by atoms with van der Waals surface area (Å²) in [4.78, 5) is 11.7. The van der Waals surface area contributed by atoms with Crippen LogP contribution in [0.2, 0.25) is 0 Å². The zero-order valence-electron chi connectivity index (χ0n) is 22.9. The monoisotopic (exact) mass is 542 g/mol. The number of ether oxygens (including phenoxy) is 1. The van der Waals surface area contributed by atoms with Gasteiger partial charge in [-0.05, 0) is 55.7 Å². The molecule has 6 rings (SSSR count). The molecule has 0 spiro atoms. The lowest BCUT2D eigenvalue weighted by Crippen LogP contribution is -2.51. The molecule has 2 saturated heterocycles. The number of fused-ring (bicyclic) bond motifs is 4. The summed E-state index contributed by atoms with van der Waals surface area (Å²) in [5.74, 6) is 2.59. The molecule has 4 aromatic rings. The van der Waals surface area contributed by atoms with Crippen molar-refractivity contribution in [3.63, 3.8) is 0 Å². The molecule has 0 saturated carbocycles.